The Labute approximate surface area is 152 Å². The number of nitrogen functional groups attached to an aromatic ring is 1. The van der Waals surface area contributed by atoms with E-state index in [1.54, 1.807) is 12.4 Å². The Morgan fingerprint density at radius 2 is 2.04 bits per heavy atom. The largest absolute Gasteiger partial charge is 0.482 e. The summed E-state index contributed by atoms with van der Waals surface area (Å²) < 4.78 is 5.17. The van der Waals surface area contributed by atoms with Crippen molar-refractivity contribution in [1.82, 2.24) is 14.9 Å². The van der Waals surface area contributed by atoms with Gasteiger partial charge < -0.3 is 15.6 Å². The van der Waals surface area contributed by atoms with E-state index >= 15 is 0 Å². The number of hydrogen-bond acceptors (Lipinski definition) is 6. The number of nitrogens with two attached hydrogens (primary N) is 1. The number of likely N-dealkylation sites (tertiary alicyclic amines) is 1. The summed E-state index contributed by atoms with van der Waals surface area (Å²) in [5, 5.41) is 8.65. The standard InChI is InChI=1S/C19H24N4O3/c20-19-17(21-7-8-22-19)10-15-2-1-9-23(12-15)11-14-3-5-16(6-4-14)26-13-18(24)25/h3-8,15H,1-2,9-13H2,(H2,20,22)(H,24,25)/t15-/m0/s1. The summed E-state index contributed by atoms with van der Waals surface area (Å²) in [6, 6.07) is 7.61. The monoisotopic (exact) mass is 356 g/mol. The second-order valence-corrected chi connectivity index (χ2v) is 6.66. The second-order valence-electron chi connectivity index (χ2n) is 6.66. The topological polar surface area (TPSA) is 102 Å². The zero-order valence-corrected chi connectivity index (χ0v) is 14.7. The molecule has 0 bridgehead atoms. The lowest BCUT2D eigenvalue weighted by Gasteiger charge is -2.32. The number of anilines is 1. The first kappa shape index (κ1) is 18.1. The van der Waals surface area contributed by atoms with Crippen LogP contribution in [0.4, 0.5) is 5.82 Å². The van der Waals surface area contributed by atoms with Crippen molar-refractivity contribution in [1.29, 1.82) is 0 Å². The summed E-state index contributed by atoms with van der Waals surface area (Å²) in [6.45, 7) is 2.63. The SMILES string of the molecule is Nc1nccnc1C[C@@H]1CCCN(Cc2ccc(OCC(=O)O)cc2)C1. The summed E-state index contributed by atoms with van der Waals surface area (Å²) in [5.74, 6) is 0.658. The molecule has 26 heavy (non-hydrogen) atoms. The van der Waals surface area contributed by atoms with E-state index in [-0.39, 0.29) is 6.61 Å². The zero-order valence-electron chi connectivity index (χ0n) is 14.7. The fourth-order valence-electron chi connectivity index (χ4n) is 3.36. The van der Waals surface area contributed by atoms with Gasteiger partial charge in [-0.3, -0.25) is 9.88 Å². The fraction of sp³-hybridized carbons (Fsp3) is 0.421. The van der Waals surface area contributed by atoms with Crippen molar-refractivity contribution in [3.05, 3.63) is 47.9 Å². The van der Waals surface area contributed by atoms with Crippen molar-refractivity contribution in [2.75, 3.05) is 25.4 Å². The minimum atomic E-state index is -0.975. The van der Waals surface area contributed by atoms with Crippen LogP contribution in [-0.4, -0.2) is 45.6 Å². The summed E-state index contributed by atoms with van der Waals surface area (Å²) in [5.41, 5.74) is 7.99. The van der Waals surface area contributed by atoms with Gasteiger partial charge in [-0.05, 0) is 49.4 Å². The molecule has 7 heteroatoms. The maximum Gasteiger partial charge on any atom is 0.341 e. The number of rotatable bonds is 7. The molecule has 1 aliphatic rings. The number of carbonyl (C=O) groups is 1. The van der Waals surface area contributed by atoms with Crippen molar-refractivity contribution in [3.8, 4) is 5.75 Å². The van der Waals surface area contributed by atoms with E-state index in [0.29, 0.717) is 17.5 Å². The van der Waals surface area contributed by atoms with Crippen LogP contribution in [0, 0.1) is 5.92 Å². The lowest BCUT2D eigenvalue weighted by Crippen LogP contribution is -2.36. The minimum absolute atomic E-state index is 0.321. The third kappa shape index (κ3) is 5.16. The molecule has 0 aliphatic carbocycles. The van der Waals surface area contributed by atoms with Crippen LogP contribution < -0.4 is 10.5 Å². The van der Waals surface area contributed by atoms with Crippen LogP contribution in [0.3, 0.4) is 0 Å². The maximum absolute atomic E-state index is 10.5. The van der Waals surface area contributed by atoms with E-state index in [4.69, 9.17) is 15.6 Å². The normalized spacial score (nSPS) is 17.8. The van der Waals surface area contributed by atoms with Crippen LogP contribution in [0.15, 0.2) is 36.7 Å². The molecule has 1 saturated heterocycles. The number of piperidine rings is 1. The molecule has 1 aliphatic heterocycles. The molecule has 1 fully saturated rings. The number of carboxylic acids is 1. The molecule has 0 amide bonds. The van der Waals surface area contributed by atoms with Crippen molar-refractivity contribution in [2.45, 2.75) is 25.8 Å². The second kappa shape index (κ2) is 8.62. The van der Waals surface area contributed by atoms with E-state index < -0.39 is 5.97 Å². The lowest BCUT2D eigenvalue weighted by atomic mass is 9.93. The average Bonchev–Trinajstić information content (AvgIpc) is 2.63. The molecule has 1 aromatic carbocycles. The predicted molar refractivity (Wildman–Crippen MR) is 97.7 cm³/mol. The van der Waals surface area contributed by atoms with Crippen molar-refractivity contribution in [2.24, 2.45) is 5.92 Å². The summed E-state index contributed by atoms with van der Waals surface area (Å²) >= 11 is 0. The van der Waals surface area contributed by atoms with E-state index in [0.717, 1.165) is 38.2 Å². The quantitative estimate of drug-likeness (QED) is 0.782. The Morgan fingerprint density at radius 3 is 2.77 bits per heavy atom. The summed E-state index contributed by atoms with van der Waals surface area (Å²) in [6.07, 6.45) is 6.51. The van der Waals surface area contributed by atoms with Gasteiger partial charge in [0.2, 0.25) is 0 Å². The van der Waals surface area contributed by atoms with Crippen LogP contribution in [0.2, 0.25) is 0 Å². The molecule has 1 atom stereocenters. The van der Waals surface area contributed by atoms with Gasteiger partial charge in [0.15, 0.2) is 6.61 Å². The number of aromatic nitrogens is 2. The number of carboxylic acid groups (broad SMARTS) is 1. The predicted octanol–water partition coefficient (Wildman–Crippen LogP) is 1.98. The van der Waals surface area contributed by atoms with Crippen LogP contribution in [0.1, 0.15) is 24.1 Å². The van der Waals surface area contributed by atoms with Gasteiger partial charge in [0.1, 0.15) is 11.6 Å². The first-order valence-corrected chi connectivity index (χ1v) is 8.81. The summed E-state index contributed by atoms with van der Waals surface area (Å²) in [4.78, 5) is 21.5. The number of aliphatic carboxylic acids is 1. The number of hydrogen-bond donors (Lipinski definition) is 2. The molecule has 138 valence electrons. The zero-order chi connectivity index (χ0) is 18.4. The fourth-order valence-corrected chi connectivity index (χ4v) is 3.36. The van der Waals surface area contributed by atoms with Crippen molar-refractivity contribution in [3.63, 3.8) is 0 Å². The minimum Gasteiger partial charge on any atom is -0.482 e. The van der Waals surface area contributed by atoms with E-state index in [2.05, 4.69) is 14.9 Å². The van der Waals surface area contributed by atoms with Crippen molar-refractivity contribution >= 4 is 11.8 Å². The molecular weight excluding hydrogens is 332 g/mol. The van der Waals surface area contributed by atoms with Gasteiger partial charge in [-0.25, -0.2) is 9.78 Å². The smallest absolute Gasteiger partial charge is 0.341 e. The Morgan fingerprint density at radius 1 is 1.27 bits per heavy atom. The Bertz CT molecular complexity index is 736. The molecule has 1 aromatic heterocycles. The molecule has 0 spiro atoms. The Balaban J connectivity index is 1.53. The van der Waals surface area contributed by atoms with Crippen molar-refractivity contribution < 1.29 is 14.6 Å². The van der Waals surface area contributed by atoms with E-state index in [9.17, 15) is 4.79 Å². The van der Waals surface area contributed by atoms with E-state index in [1.165, 1.54) is 12.0 Å². The van der Waals surface area contributed by atoms with Crippen LogP contribution in [0.5, 0.6) is 5.75 Å². The third-order valence-electron chi connectivity index (χ3n) is 4.58. The van der Waals surface area contributed by atoms with Crippen LogP contribution >= 0.6 is 0 Å². The molecule has 2 aromatic rings. The summed E-state index contributed by atoms with van der Waals surface area (Å²) in [7, 11) is 0. The molecule has 3 N–H and O–H groups in total. The Kier molecular flexibility index (Phi) is 6.01. The molecule has 3 rings (SSSR count). The third-order valence-corrected chi connectivity index (χ3v) is 4.58. The van der Waals surface area contributed by atoms with Crippen LogP contribution in [-0.2, 0) is 17.8 Å². The van der Waals surface area contributed by atoms with Gasteiger partial charge in [-0.2, -0.15) is 0 Å². The highest BCUT2D eigenvalue weighted by molar-refractivity contribution is 5.68. The first-order valence-electron chi connectivity index (χ1n) is 8.81. The first-order chi connectivity index (χ1) is 12.6. The van der Waals surface area contributed by atoms with Gasteiger partial charge >= 0.3 is 5.97 Å². The number of nitrogens with zero attached hydrogens (tertiary/aromatic N) is 3. The van der Waals surface area contributed by atoms with Gasteiger partial charge in [-0.1, -0.05) is 12.1 Å². The highest BCUT2D eigenvalue weighted by Crippen LogP contribution is 2.23. The molecule has 2 heterocycles. The van der Waals surface area contributed by atoms with Gasteiger partial charge in [0, 0.05) is 25.5 Å². The highest BCUT2D eigenvalue weighted by atomic mass is 16.5. The number of benzene rings is 1. The molecule has 7 nitrogen and oxygen atoms in total. The molecule has 0 saturated carbocycles. The lowest BCUT2D eigenvalue weighted by molar-refractivity contribution is -0.139. The molecule has 0 radical (unpaired) electrons. The Hall–Kier alpha value is -2.67. The molecule has 0 unspecified atom stereocenters. The van der Waals surface area contributed by atoms with Gasteiger partial charge in [0.25, 0.3) is 0 Å². The van der Waals surface area contributed by atoms with Gasteiger partial charge in [0.05, 0.1) is 5.69 Å². The highest BCUT2D eigenvalue weighted by Gasteiger charge is 2.21. The van der Waals surface area contributed by atoms with Crippen LogP contribution in [0.25, 0.3) is 0 Å². The number of ether oxygens (including phenoxy) is 1. The maximum atomic E-state index is 10.5. The van der Waals surface area contributed by atoms with E-state index in [1.807, 2.05) is 24.3 Å². The average molecular weight is 356 g/mol. The molecular formula is C19H24N4O3. The van der Waals surface area contributed by atoms with Gasteiger partial charge in [-0.15, -0.1) is 0 Å².